The number of aliphatic hydroxyl groups is 1. The molecule has 3 atom stereocenters. The van der Waals surface area contributed by atoms with Crippen molar-refractivity contribution in [2.45, 2.75) is 38.4 Å². The zero-order valence-corrected chi connectivity index (χ0v) is 22.5. The van der Waals surface area contributed by atoms with E-state index in [0.717, 1.165) is 18.2 Å². The molecule has 2 rings (SSSR count). The van der Waals surface area contributed by atoms with Crippen LogP contribution in [0, 0.1) is 5.92 Å². The van der Waals surface area contributed by atoms with Crippen molar-refractivity contribution in [3.05, 3.63) is 72.6 Å². The number of nitrogens with one attached hydrogen (secondary N) is 1. The summed E-state index contributed by atoms with van der Waals surface area (Å²) in [5.74, 6) is -3.25. The summed E-state index contributed by atoms with van der Waals surface area (Å²) in [6, 6.07) is 5.48. The summed E-state index contributed by atoms with van der Waals surface area (Å²) in [4.78, 5) is 24.9. The number of alkyl halides is 3. The second-order valence-corrected chi connectivity index (χ2v) is 9.88. The van der Waals surface area contributed by atoms with Crippen molar-refractivity contribution in [2.75, 3.05) is 6.61 Å². The quantitative estimate of drug-likeness (QED) is 0.288. The Morgan fingerprint density at radius 1 is 1.14 bits per heavy atom. The van der Waals surface area contributed by atoms with E-state index < -0.39 is 30.7 Å². The molecule has 0 saturated carbocycles. The molecule has 1 amide bonds. The van der Waals surface area contributed by atoms with Crippen molar-refractivity contribution < 1.29 is 27.9 Å². The fourth-order valence-electron chi connectivity index (χ4n) is 3.18. The van der Waals surface area contributed by atoms with Gasteiger partial charge in [0.15, 0.2) is 5.78 Å². The molecule has 0 heterocycles. The van der Waals surface area contributed by atoms with Gasteiger partial charge in [-0.2, -0.15) is 13.2 Å². The largest absolute Gasteiger partial charge is 0.399 e. The van der Waals surface area contributed by atoms with E-state index in [1.165, 1.54) is 24.3 Å². The highest BCUT2D eigenvalue weighted by molar-refractivity contribution is 9.10. The summed E-state index contributed by atoms with van der Waals surface area (Å²) in [7, 11) is 0. The van der Waals surface area contributed by atoms with Gasteiger partial charge in [0, 0.05) is 10.4 Å². The predicted molar refractivity (Wildman–Crippen MR) is 136 cm³/mol. The minimum atomic E-state index is -4.63. The highest BCUT2D eigenvalue weighted by Crippen LogP contribution is 2.41. The van der Waals surface area contributed by atoms with Gasteiger partial charge >= 0.3 is 6.18 Å². The average molecular weight is 616 g/mol. The lowest BCUT2D eigenvalue weighted by Gasteiger charge is -2.19. The van der Waals surface area contributed by atoms with Crippen LogP contribution >= 0.6 is 50.7 Å². The Labute approximate surface area is 224 Å². The molecular formula is C24H22BrCl3F3NO3. The molecule has 0 radical (unpaired) electrons. The molecule has 2 aromatic rings. The lowest BCUT2D eigenvalue weighted by molar-refractivity contribution is -0.139. The first-order chi connectivity index (χ1) is 16.3. The summed E-state index contributed by atoms with van der Waals surface area (Å²) in [6.07, 6.45) is -1.87. The van der Waals surface area contributed by atoms with Crippen molar-refractivity contribution in [1.82, 2.24) is 5.32 Å². The van der Waals surface area contributed by atoms with Crippen LogP contribution in [0.15, 0.2) is 40.9 Å². The van der Waals surface area contributed by atoms with Crippen molar-refractivity contribution >= 4 is 68.5 Å². The number of hydrogen-bond acceptors (Lipinski definition) is 3. The summed E-state index contributed by atoms with van der Waals surface area (Å²) >= 11 is 20.9. The molecule has 0 aliphatic carbocycles. The van der Waals surface area contributed by atoms with E-state index >= 15 is 0 Å². The number of allylic oxidation sites excluding steroid dienone is 1. The molecule has 0 aliphatic heterocycles. The Balaban J connectivity index is 2.28. The number of hydrogen-bond donors (Lipinski definition) is 2. The van der Waals surface area contributed by atoms with E-state index in [1.54, 1.807) is 6.92 Å². The van der Waals surface area contributed by atoms with Crippen molar-refractivity contribution in [3.63, 3.8) is 0 Å². The first kappa shape index (κ1) is 29.6. The Bertz CT molecular complexity index is 1100. The van der Waals surface area contributed by atoms with Crippen LogP contribution in [-0.2, 0) is 4.79 Å². The van der Waals surface area contributed by atoms with Gasteiger partial charge in [0.05, 0.1) is 33.2 Å². The number of benzene rings is 2. The Hall–Kier alpha value is -1.58. The second-order valence-electron chi connectivity index (χ2n) is 7.84. The first-order valence-corrected chi connectivity index (χ1v) is 12.4. The van der Waals surface area contributed by atoms with Gasteiger partial charge in [-0.15, -0.1) is 0 Å². The number of Topliss-reactive ketones (excluding diaryl/α,β-unsaturated/α-hetero) is 1. The SMILES string of the molecule is CCC(C)C(=O)C(CO)NC(=O)c1ccc(C=CC(c2cc(Cl)c(Cl)c(Cl)c2)C(F)(F)F)cc1Br. The van der Waals surface area contributed by atoms with Gasteiger partial charge < -0.3 is 10.4 Å². The summed E-state index contributed by atoms with van der Waals surface area (Å²) in [6.45, 7) is 2.97. The van der Waals surface area contributed by atoms with Crippen molar-refractivity contribution in [2.24, 2.45) is 5.92 Å². The van der Waals surface area contributed by atoms with Crippen molar-refractivity contribution in [1.29, 1.82) is 0 Å². The molecule has 0 saturated heterocycles. The van der Waals surface area contributed by atoms with Crippen LogP contribution in [0.4, 0.5) is 13.2 Å². The van der Waals surface area contributed by atoms with Gasteiger partial charge in [-0.25, -0.2) is 0 Å². The standard InChI is InChI=1S/C24H22BrCl3F3NO3/c1-3-12(2)22(34)20(11-33)32-23(35)15-6-4-13(8-17(15)25)5-7-16(24(29,30)31)14-9-18(26)21(28)19(27)10-14/h4-10,12,16,20,33H,3,11H2,1-2H3,(H,32,35). The van der Waals surface area contributed by atoms with Gasteiger partial charge in [-0.1, -0.05) is 66.9 Å². The van der Waals surface area contributed by atoms with Gasteiger partial charge in [0.25, 0.3) is 5.91 Å². The number of halogens is 7. The molecule has 190 valence electrons. The maximum Gasteiger partial charge on any atom is 0.399 e. The predicted octanol–water partition coefficient (Wildman–Crippen LogP) is 7.47. The zero-order valence-electron chi connectivity index (χ0n) is 18.6. The van der Waals surface area contributed by atoms with E-state index in [2.05, 4.69) is 21.2 Å². The second kappa shape index (κ2) is 12.6. The van der Waals surface area contributed by atoms with Crippen LogP contribution in [0.25, 0.3) is 6.08 Å². The summed E-state index contributed by atoms with van der Waals surface area (Å²) in [5, 5.41) is 11.8. The van der Waals surface area contributed by atoms with Gasteiger partial charge in [0.1, 0.15) is 6.04 Å². The molecular weight excluding hydrogens is 594 g/mol. The monoisotopic (exact) mass is 613 g/mol. The lowest BCUT2D eigenvalue weighted by atomic mass is 9.96. The smallest absolute Gasteiger partial charge is 0.394 e. The fraction of sp³-hybridized carbons (Fsp3) is 0.333. The van der Waals surface area contributed by atoms with Gasteiger partial charge in [0.2, 0.25) is 0 Å². The molecule has 2 N–H and O–H groups in total. The van der Waals surface area contributed by atoms with E-state index in [9.17, 15) is 27.9 Å². The van der Waals surface area contributed by atoms with Crippen LogP contribution in [0.1, 0.15) is 47.7 Å². The first-order valence-electron chi connectivity index (χ1n) is 10.4. The van der Waals surface area contributed by atoms with E-state index in [0.29, 0.717) is 16.5 Å². The molecule has 0 fully saturated rings. The van der Waals surface area contributed by atoms with Crippen LogP contribution in [0.3, 0.4) is 0 Å². The highest BCUT2D eigenvalue weighted by atomic mass is 79.9. The van der Waals surface area contributed by atoms with Crippen LogP contribution in [-0.4, -0.2) is 35.6 Å². The Morgan fingerprint density at radius 3 is 2.23 bits per heavy atom. The molecule has 35 heavy (non-hydrogen) atoms. The number of ketones is 1. The molecule has 4 nitrogen and oxygen atoms in total. The lowest BCUT2D eigenvalue weighted by Crippen LogP contribution is -2.45. The Morgan fingerprint density at radius 2 is 1.74 bits per heavy atom. The molecule has 0 bridgehead atoms. The van der Waals surface area contributed by atoms with E-state index in [-0.39, 0.29) is 37.9 Å². The van der Waals surface area contributed by atoms with Crippen LogP contribution in [0.5, 0.6) is 0 Å². The number of carbonyl (C=O) groups excluding carboxylic acids is 2. The minimum Gasteiger partial charge on any atom is -0.394 e. The van der Waals surface area contributed by atoms with E-state index in [4.69, 9.17) is 34.8 Å². The van der Waals surface area contributed by atoms with Crippen LogP contribution < -0.4 is 5.32 Å². The Kier molecular flexibility index (Phi) is 10.7. The van der Waals surface area contributed by atoms with Gasteiger partial charge in [-0.3, -0.25) is 9.59 Å². The third-order valence-corrected chi connectivity index (χ3v) is 7.22. The molecule has 3 unspecified atom stereocenters. The topological polar surface area (TPSA) is 66.4 Å². The molecule has 2 aromatic carbocycles. The normalized spacial score (nSPS) is 14.6. The summed E-state index contributed by atoms with van der Waals surface area (Å²) in [5.41, 5.74) is 0.355. The number of aliphatic hydroxyl groups excluding tert-OH is 1. The number of carbonyl (C=O) groups is 2. The average Bonchev–Trinajstić information content (AvgIpc) is 2.79. The van der Waals surface area contributed by atoms with Gasteiger partial charge in [-0.05, 0) is 57.7 Å². The number of rotatable bonds is 9. The molecule has 0 aromatic heterocycles. The molecule has 0 spiro atoms. The number of amides is 1. The van der Waals surface area contributed by atoms with E-state index in [1.807, 2.05) is 6.92 Å². The molecule has 11 heteroatoms. The highest BCUT2D eigenvalue weighted by Gasteiger charge is 2.39. The molecule has 0 aliphatic rings. The maximum absolute atomic E-state index is 13.7. The zero-order chi connectivity index (χ0) is 26.5. The fourth-order valence-corrected chi connectivity index (χ4v) is 4.37. The summed E-state index contributed by atoms with van der Waals surface area (Å²) < 4.78 is 41.5. The maximum atomic E-state index is 13.7. The van der Waals surface area contributed by atoms with Crippen LogP contribution in [0.2, 0.25) is 15.1 Å². The third kappa shape index (κ3) is 7.70. The van der Waals surface area contributed by atoms with Crippen molar-refractivity contribution in [3.8, 4) is 0 Å². The third-order valence-electron chi connectivity index (χ3n) is 5.37. The minimum absolute atomic E-state index is 0.0333.